The van der Waals surface area contributed by atoms with Crippen molar-refractivity contribution in [2.75, 3.05) is 6.54 Å². The average molecular weight is 345 g/mol. The molecule has 0 aliphatic heterocycles. The Balaban J connectivity index is 0.00000196. The van der Waals surface area contributed by atoms with Gasteiger partial charge in [-0.05, 0) is 60.2 Å². The second-order valence-electron chi connectivity index (χ2n) is 3.20. The molecule has 2 nitrogen and oxygen atoms in total. The minimum Gasteiger partial charge on any atom is -0.330 e. The van der Waals surface area contributed by atoms with Crippen molar-refractivity contribution in [2.24, 2.45) is 11.5 Å². The summed E-state index contributed by atoms with van der Waals surface area (Å²) < 4.78 is 14.3. The highest BCUT2D eigenvalue weighted by molar-refractivity contribution is 14.1. The molecule has 86 valence electrons. The summed E-state index contributed by atoms with van der Waals surface area (Å²) in [4.78, 5) is 0. The molecule has 1 atom stereocenters. The fourth-order valence-electron chi connectivity index (χ4n) is 1.29. The summed E-state index contributed by atoms with van der Waals surface area (Å²) in [6, 6.07) is 4.74. The van der Waals surface area contributed by atoms with Gasteiger partial charge in [0.2, 0.25) is 0 Å². The van der Waals surface area contributed by atoms with E-state index < -0.39 is 0 Å². The fraction of sp³-hybridized carbons (Fsp3) is 0.400. The Kier molecular flexibility index (Phi) is 7.42. The molecule has 15 heavy (non-hydrogen) atoms. The normalized spacial score (nSPS) is 12.0. The number of benzene rings is 1. The molecule has 0 aliphatic carbocycles. The Hall–Kier alpha value is 0.0900. The van der Waals surface area contributed by atoms with E-state index in [2.05, 4.69) is 22.6 Å². The predicted octanol–water partition coefficient (Wildman–Crippen LogP) is 2.59. The SMILES string of the molecule is Cl.NCCC[C@@H](N)c1cc(I)ccc1F. The van der Waals surface area contributed by atoms with E-state index in [0.717, 1.165) is 16.4 Å². The molecule has 0 saturated carbocycles. The third kappa shape index (κ3) is 4.63. The molecular weight excluding hydrogens is 329 g/mol. The molecule has 0 aliphatic rings. The highest BCUT2D eigenvalue weighted by Crippen LogP contribution is 2.21. The van der Waals surface area contributed by atoms with E-state index >= 15 is 0 Å². The van der Waals surface area contributed by atoms with Crippen molar-refractivity contribution in [3.05, 3.63) is 33.1 Å². The Bertz CT molecular complexity index is 309. The van der Waals surface area contributed by atoms with Gasteiger partial charge in [0.15, 0.2) is 0 Å². The predicted molar refractivity (Wildman–Crippen MR) is 71.6 cm³/mol. The van der Waals surface area contributed by atoms with Crippen molar-refractivity contribution >= 4 is 35.0 Å². The molecule has 0 heterocycles. The molecule has 0 radical (unpaired) electrons. The van der Waals surface area contributed by atoms with Crippen molar-refractivity contribution in [2.45, 2.75) is 18.9 Å². The van der Waals surface area contributed by atoms with E-state index in [0.29, 0.717) is 12.1 Å². The number of halogens is 3. The van der Waals surface area contributed by atoms with Crippen LogP contribution < -0.4 is 11.5 Å². The maximum absolute atomic E-state index is 13.3. The van der Waals surface area contributed by atoms with Crippen molar-refractivity contribution in [3.63, 3.8) is 0 Å². The lowest BCUT2D eigenvalue weighted by Crippen LogP contribution is -2.14. The van der Waals surface area contributed by atoms with Crippen molar-refractivity contribution < 1.29 is 4.39 Å². The van der Waals surface area contributed by atoms with E-state index in [4.69, 9.17) is 11.5 Å². The first-order valence-corrected chi connectivity index (χ1v) is 5.63. The molecule has 0 spiro atoms. The Morgan fingerprint density at radius 2 is 2.07 bits per heavy atom. The maximum Gasteiger partial charge on any atom is 0.128 e. The lowest BCUT2D eigenvalue weighted by molar-refractivity contribution is 0.553. The van der Waals surface area contributed by atoms with Crippen LogP contribution in [-0.2, 0) is 0 Å². The number of hydrogen-bond acceptors (Lipinski definition) is 2. The number of rotatable bonds is 4. The van der Waals surface area contributed by atoms with Gasteiger partial charge >= 0.3 is 0 Å². The first-order valence-electron chi connectivity index (χ1n) is 4.55. The first-order chi connectivity index (χ1) is 6.65. The van der Waals surface area contributed by atoms with Crippen LogP contribution in [0.3, 0.4) is 0 Å². The number of hydrogen-bond donors (Lipinski definition) is 2. The number of nitrogens with two attached hydrogens (primary N) is 2. The Morgan fingerprint density at radius 3 is 2.67 bits per heavy atom. The molecule has 1 aromatic rings. The van der Waals surface area contributed by atoms with E-state index in [9.17, 15) is 4.39 Å². The maximum atomic E-state index is 13.3. The molecule has 4 N–H and O–H groups in total. The first kappa shape index (κ1) is 15.1. The van der Waals surface area contributed by atoms with Gasteiger partial charge in [0.25, 0.3) is 0 Å². The largest absolute Gasteiger partial charge is 0.330 e. The van der Waals surface area contributed by atoms with Crippen LogP contribution in [0.2, 0.25) is 0 Å². The minimum atomic E-state index is -0.242. The average Bonchev–Trinajstić information content (AvgIpc) is 2.18. The van der Waals surface area contributed by atoms with Gasteiger partial charge in [-0.25, -0.2) is 4.39 Å². The monoisotopic (exact) mass is 344 g/mol. The van der Waals surface area contributed by atoms with E-state index in [1.807, 2.05) is 0 Å². The van der Waals surface area contributed by atoms with Crippen LogP contribution in [0.4, 0.5) is 4.39 Å². The molecule has 0 saturated heterocycles. The van der Waals surface area contributed by atoms with Gasteiger partial charge < -0.3 is 11.5 Å². The van der Waals surface area contributed by atoms with Gasteiger partial charge in [-0.15, -0.1) is 12.4 Å². The zero-order chi connectivity index (χ0) is 10.6. The molecule has 1 aromatic carbocycles. The lowest BCUT2D eigenvalue weighted by Gasteiger charge is -2.12. The quantitative estimate of drug-likeness (QED) is 0.825. The van der Waals surface area contributed by atoms with Gasteiger partial charge in [0.05, 0.1) is 0 Å². The van der Waals surface area contributed by atoms with Crippen LogP contribution in [0.1, 0.15) is 24.4 Å². The van der Waals surface area contributed by atoms with Crippen molar-refractivity contribution in [1.29, 1.82) is 0 Å². The Morgan fingerprint density at radius 1 is 1.40 bits per heavy atom. The minimum absolute atomic E-state index is 0. The molecular formula is C10H15ClFIN2. The van der Waals surface area contributed by atoms with Crippen LogP contribution in [-0.4, -0.2) is 6.54 Å². The van der Waals surface area contributed by atoms with Crippen LogP contribution in [0.25, 0.3) is 0 Å². The summed E-state index contributed by atoms with van der Waals surface area (Å²) >= 11 is 2.15. The smallest absolute Gasteiger partial charge is 0.128 e. The van der Waals surface area contributed by atoms with Crippen LogP contribution in [0.15, 0.2) is 18.2 Å². The van der Waals surface area contributed by atoms with Crippen LogP contribution in [0, 0.1) is 9.39 Å². The summed E-state index contributed by atoms with van der Waals surface area (Å²) in [6.45, 7) is 0.596. The fourth-order valence-corrected chi connectivity index (χ4v) is 1.81. The topological polar surface area (TPSA) is 52.0 Å². The second-order valence-corrected chi connectivity index (χ2v) is 4.45. The highest BCUT2D eigenvalue weighted by Gasteiger charge is 2.10. The molecule has 0 amide bonds. The van der Waals surface area contributed by atoms with Gasteiger partial charge in [-0.3, -0.25) is 0 Å². The lowest BCUT2D eigenvalue weighted by atomic mass is 10.0. The Labute approximate surface area is 109 Å². The summed E-state index contributed by atoms with van der Waals surface area (Å²) in [5, 5.41) is 0. The molecule has 0 bridgehead atoms. The third-order valence-electron chi connectivity index (χ3n) is 2.08. The van der Waals surface area contributed by atoms with E-state index in [1.165, 1.54) is 6.07 Å². The van der Waals surface area contributed by atoms with Gasteiger partial charge in [0.1, 0.15) is 5.82 Å². The summed E-state index contributed by atoms with van der Waals surface area (Å²) in [6.07, 6.45) is 1.56. The van der Waals surface area contributed by atoms with E-state index in [1.54, 1.807) is 12.1 Å². The summed E-state index contributed by atoms with van der Waals surface area (Å²) in [5.41, 5.74) is 11.8. The summed E-state index contributed by atoms with van der Waals surface area (Å²) in [5.74, 6) is -0.227. The second kappa shape index (κ2) is 7.38. The third-order valence-corrected chi connectivity index (χ3v) is 2.75. The van der Waals surface area contributed by atoms with Crippen LogP contribution >= 0.6 is 35.0 Å². The van der Waals surface area contributed by atoms with Gasteiger partial charge in [-0.1, -0.05) is 0 Å². The van der Waals surface area contributed by atoms with Gasteiger partial charge in [0, 0.05) is 15.2 Å². The molecule has 0 aromatic heterocycles. The zero-order valence-electron chi connectivity index (χ0n) is 8.25. The van der Waals surface area contributed by atoms with Crippen LogP contribution in [0.5, 0.6) is 0 Å². The van der Waals surface area contributed by atoms with Gasteiger partial charge in [-0.2, -0.15) is 0 Å². The van der Waals surface area contributed by atoms with Crippen molar-refractivity contribution in [1.82, 2.24) is 0 Å². The molecule has 1 rings (SSSR count). The standard InChI is InChI=1S/C10H14FIN2.ClH/c11-9-4-3-7(12)6-8(9)10(14)2-1-5-13;/h3-4,6,10H,1-2,5,13-14H2;1H/t10-;/m1./s1. The van der Waals surface area contributed by atoms with E-state index in [-0.39, 0.29) is 24.3 Å². The molecule has 0 unspecified atom stereocenters. The van der Waals surface area contributed by atoms with Crippen molar-refractivity contribution in [3.8, 4) is 0 Å². The highest BCUT2D eigenvalue weighted by atomic mass is 127. The summed E-state index contributed by atoms with van der Waals surface area (Å²) in [7, 11) is 0. The zero-order valence-corrected chi connectivity index (χ0v) is 11.2. The molecule has 0 fully saturated rings. The molecule has 5 heteroatoms.